The zero-order chi connectivity index (χ0) is 16.8. The Bertz CT molecular complexity index is 478. The molecule has 126 valence electrons. The van der Waals surface area contributed by atoms with Crippen LogP contribution in [0, 0.1) is 0 Å². The van der Waals surface area contributed by atoms with Crippen molar-refractivity contribution < 1.29 is 32.5 Å². The average Bonchev–Trinajstić information content (AvgIpc) is 2.44. The number of ether oxygens (including phenoxy) is 3. The molecule has 0 radical (unpaired) electrons. The Balaban J connectivity index is 2.77. The van der Waals surface area contributed by atoms with Crippen LogP contribution in [0.5, 0.6) is 11.5 Å². The van der Waals surface area contributed by atoms with Crippen LogP contribution in [0.1, 0.15) is 6.92 Å². The predicted octanol–water partition coefficient (Wildman–Crippen LogP) is 2.45. The van der Waals surface area contributed by atoms with Gasteiger partial charge in [0, 0.05) is 18.9 Å². The highest BCUT2D eigenvalue weighted by Crippen LogP contribution is 2.32. The highest BCUT2D eigenvalue weighted by molar-refractivity contribution is 5.55. The first-order chi connectivity index (χ1) is 10.2. The van der Waals surface area contributed by atoms with Crippen LogP contribution < -0.4 is 14.8 Å². The molecule has 0 bridgehead atoms. The molecule has 0 saturated heterocycles. The predicted molar refractivity (Wildman–Crippen MR) is 75.5 cm³/mol. The Kier molecular flexibility index (Phi) is 6.31. The van der Waals surface area contributed by atoms with Crippen molar-refractivity contribution in [2.45, 2.75) is 18.7 Å². The van der Waals surface area contributed by atoms with Crippen LogP contribution in [0.4, 0.5) is 18.9 Å². The minimum atomic E-state index is -4.72. The molecular formula is C14H20F3NO4. The van der Waals surface area contributed by atoms with Crippen molar-refractivity contribution in [3.05, 3.63) is 18.2 Å². The van der Waals surface area contributed by atoms with Gasteiger partial charge in [0.25, 0.3) is 0 Å². The van der Waals surface area contributed by atoms with Gasteiger partial charge in [-0.3, -0.25) is 0 Å². The summed E-state index contributed by atoms with van der Waals surface area (Å²) >= 11 is 0. The van der Waals surface area contributed by atoms with Crippen molar-refractivity contribution in [3.63, 3.8) is 0 Å². The number of nitrogens with one attached hydrogen (secondary N) is 1. The zero-order valence-electron chi connectivity index (χ0n) is 12.7. The summed E-state index contributed by atoms with van der Waals surface area (Å²) in [7, 11) is 2.98. The van der Waals surface area contributed by atoms with Crippen LogP contribution in [-0.2, 0) is 4.74 Å². The molecule has 1 aromatic rings. The van der Waals surface area contributed by atoms with E-state index in [1.807, 2.05) is 0 Å². The van der Waals surface area contributed by atoms with Crippen LogP contribution in [0.25, 0.3) is 0 Å². The number of hydrogen-bond acceptors (Lipinski definition) is 5. The van der Waals surface area contributed by atoms with E-state index in [4.69, 9.17) is 14.2 Å². The smallest absolute Gasteiger partial charge is 0.418 e. The summed E-state index contributed by atoms with van der Waals surface area (Å²) in [5.41, 5.74) is -2.46. The summed E-state index contributed by atoms with van der Waals surface area (Å²) in [5, 5.41) is 11.9. The molecule has 1 rings (SSSR count). The second-order valence-electron chi connectivity index (χ2n) is 4.83. The quantitative estimate of drug-likeness (QED) is 0.720. The SMILES string of the molecule is COCCOc1cc(NCC(C)(O)C(F)(F)F)ccc1OC. The number of aliphatic hydroxyl groups is 1. The summed E-state index contributed by atoms with van der Waals surface area (Å²) in [6.45, 7) is 0.667. The number of hydrogen-bond donors (Lipinski definition) is 2. The van der Waals surface area contributed by atoms with Gasteiger partial charge >= 0.3 is 6.18 Å². The summed E-state index contributed by atoms with van der Waals surface area (Å²) < 4.78 is 53.2. The molecule has 22 heavy (non-hydrogen) atoms. The minimum Gasteiger partial charge on any atom is -0.493 e. The van der Waals surface area contributed by atoms with Gasteiger partial charge in [-0.2, -0.15) is 13.2 Å². The molecule has 8 heteroatoms. The summed E-state index contributed by atoms with van der Waals surface area (Å²) in [6, 6.07) is 4.60. The van der Waals surface area contributed by atoms with Gasteiger partial charge in [-0.05, 0) is 19.1 Å². The molecule has 0 aliphatic heterocycles. The fraction of sp³-hybridized carbons (Fsp3) is 0.571. The van der Waals surface area contributed by atoms with Crippen LogP contribution in [0.15, 0.2) is 18.2 Å². The Morgan fingerprint density at radius 3 is 2.36 bits per heavy atom. The van der Waals surface area contributed by atoms with E-state index in [0.717, 1.165) is 0 Å². The third-order valence-corrected chi connectivity index (χ3v) is 2.96. The van der Waals surface area contributed by atoms with Crippen molar-refractivity contribution >= 4 is 5.69 Å². The molecule has 5 nitrogen and oxygen atoms in total. The van der Waals surface area contributed by atoms with E-state index in [9.17, 15) is 18.3 Å². The van der Waals surface area contributed by atoms with Gasteiger partial charge in [0.1, 0.15) is 6.61 Å². The van der Waals surface area contributed by atoms with E-state index in [-0.39, 0.29) is 6.61 Å². The van der Waals surface area contributed by atoms with Gasteiger partial charge in [0.05, 0.1) is 20.3 Å². The zero-order valence-corrected chi connectivity index (χ0v) is 12.7. The van der Waals surface area contributed by atoms with Gasteiger partial charge in [-0.25, -0.2) is 0 Å². The number of anilines is 1. The number of rotatable bonds is 8. The van der Waals surface area contributed by atoms with Crippen molar-refractivity contribution in [3.8, 4) is 11.5 Å². The first-order valence-corrected chi connectivity index (χ1v) is 6.54. The Morgan fingerprint density at radius 1 is 1.14 bits per heavy atom. The van der Waals surface area contributed by atoms with Crippen molar-refractivity contribution in [2.24, 2.45) is 0 Å². The first kappa shape index (κ1) is 18.4. The van der Waals surface area contributed by atoms with E-state index < -0.39 is 18.3 Å². The molecule has 0 aromatic heterocycles. The second kappa shape index (κ2) is 7.55. The number of halogens is 3. The summed E-state index contributed by atoms with van der Waals surface area (Å²) in [5.74, 6) is 0.820. The van der Waals surface area contributed by atoms with E-state index in [0.29, 0.717) is 30.7 Å². The van der Waals surface area contributed by atoms with Crippen molar-refractivity contribution in [1.82, 2.24) is 0 Å². The van der Waals surface area contributed by atoms with Crippen LogP contribution in [-0.4, -0.2) is 50.9 Å². The third kappa shape index (κ3) is 4.96. The largest absolute Gasteiger partial charge is 0.493 e. The molecule has 0 aliphatic rings. The van der Waals surface area contributed by atoms with Gasteiger partial charge in [0.2, 0.25) is 0 Å². The molecule has 0 aliphatic carbocycles. The number of methoxy groups -OCH3 is 2. The lowest BCUT2D eigenvalue weighted by Gasteiger charge is -2.27. The lowest BCUT2D eigenvalue weighted by atomic mass is 10.1. The topological polar surface area (TPSA) is 60.0 Å². The first-order valence-electron chi connectivity index (χ1n) is 6.54. The summed E-state index contributed by atoms with van der Waals surface area (Å²) in [6.07, 6.45) is -4.72. The third-order valence-electron chi connectivity index (χ3n) is 2.96. The fourth-order valence-corrected chi connectivity index (χ4v) is 1.51. The second-order valence-corrected chi connectivity index (χ2v) is 4.83. The van der Waals surface area contributed by atoms with Crippen molar-refractivity contribution in [2.75, 3.05) is 39.3 Å². The fourth-order valence-electron chi connectivity index (χ4n) is 1.51. The Hall–Kier alpha value is -1.67. The van der Waals surface area contributed by atoms with Crippen LogP contribution in [0.3, 0.4) is 0 Å². The molecule has 0 spiro atoms. The van der Waals surface area contributed by atoms with Gasteiger partial charge in [0.15, 0.2) is 17.1 Å². The molecule has 1 unspecified atom stereocenters. The highest BCUT2D eigenvalue weighted by Gasteiger charge is 2.49. The summed E-state index contributed by atoms with van der Waals surface area (Å²) in [4.78, 5) is 0. The Labute approximate surface area is 127 Å². The highest BCUT2D eigenvalue weighted by atomic mass is 19.4. The molecule has 2 N–H and O–H groups in total. The van der Waals surface area contributed by atoms with Crippen LogP contribution >= 0.6 is 0 Å². The number of benzene rings is 1. The van der Waals surface area contributed by atoms with E-state index >= 15 is 0 Å². The molecule has 0 heterocycles. The molecule has 0 saturated carbocycles. The molecular weight excluding hydrogens is 303 g/mol. The van der Waals surface area contributed by atoms with Gasteiger partial charge in [-0.15, -0.1) is 0 Å². The standard InChI is InChI=1S/C14H20F3NO4/c1-13(19,14(15,16)17)9-18-10-4-5-11(21-3)12(8-10)22-7-6-20-2/h4-5,8,18-19H,6-7,9H2,1-3H3. The number of alkyl halides is 3. The molecule has 0 amide bonds. The molecule has 1 atom stereocenters. The minimum absolute atomic E-state index is 0.274. The Morgan fingerprint density at radius 2 is 1.82 bits per heavy atom. The van der Waals surface area contributed by atoms with Gasteiger partial charge < -0.3 is 24.6 Å². The lowest BCUT2D eigenvalue weighted by molar-refractivity contribution is -0.246. The maximum Gasteiger partial charge on any atom is 0.418 e. The van der Waals surface area contributed by atoms with Crippen LogP contribution in [0.2, 0.25) is 0 Å². The lowest BCUT2D eigenvalue weighted by Crippen LogP contribution is -2.47. The maximum absolute atomic E-state index is 12.6. The van der Waals surface area contributed by atoms with Crippen molar-refractivity contribution in [1.29, 1.82) is 0 Å². The average molecular weight is 323 g/mol. The van der Waals surface area contributed by atoms with Gasteiger partial charge in [-0.1, -0.05) is 0 Å². The molecule has 0 fully saturated rings. The van der Waals surface area contributed by atoms with E-state index in [2.05, 4.69) is 5.32 Å². The monoisotopic (exact) mass is 323 g/mol. The molecule has 1 aromatic carbocycles. The van der Waals surface area contributed by atoms with E-state index in [1.54, 1.807) is 6.07 Å². The maximum atomic E-state index is 12.6. The van der Waals surface area contributed by atoms with E-state index in [1.165, 1.54) is 26.4 Å². The normalized spacial score (nSPS) is 14.3.